The summed E-state index contributed by atoms with van der Waals surface area (Å²) in [5.74, 6) is 0.801. The first kappa shape index (κ1) is 14.8. The molecular formula is C17H21N3O2. The molecule has 1 aliphatic rings. The Morgan fingerprint density at radius 3 is 2.86 bits per heavy atom. The number of nitrogens with zero attached hydrogens (tertiary/aromatic N) is 3. The van der Waals surface area contributed by atoms with Crippen LogP contribution in [-0.2, 0) is 11.3 Å². The predicted octanol–water partition coefficient (Wildman–Crippen LogP) is 2.39. The van der Waals surface area contributed by atoms with Crippen LogP contribution in [0.15, 0.2) is 41.0 Å². The van der Waals surface area contributed by atoms with Gasteiger partial charge in [0.25, 0.3) is 0 Å². The third-order valence-corrected chi connectivity index (χ3v) is 4.03. The van der Waals surface area contributed by atoms with E-state index in [4.69, 9.17) is 4.42 Å². The summed E-state index contributed by atoms with van der Waals surface area (Å²) in [6.07, 6.45) is 3.66. The van der Waals surface area contributed by atoms with E-state index in [-0.39, 0.29) is 11.9 Å². The first-order valence-corrected chi connectivity index (χ1v) is 7.60. The maximum Gasteiger partial charge on any atom is 0.239 e. The minimum absolute atomic E-state index is 0.0353. The Morgan fingerprint density at radius 1 is 1.36 bits per heavy atom. The molecule has 1 aromatic carbocycles. The third kappa shape index (κ3) is 3.04. The molecule has 2 aromatic rings. The van der Waals surface area contributed by atoms with E-state index in [0.717, 1.165) is 30.6 Å². The average Bonchev–Trinajstić information content (AvgIpc) is 3.17. The molecule has 1 unspecified atom stereocenters. The van der Waals surface area contributed by atoms with Gasteiger partial charge in [-0.25, -0.2) is 4.98 Å². The Balaban J connectivity index is 1.71. The van der Waals surface area contributed by atoms with Crippen LogP contribution in [0, 0.1) is 0 Å². The lowest BCUT2D eigenvalue weighted by Gasteiger charge is -2.25. The van der Waals surface area contributed by atoms with Crippen LogP contribution in [-0.4, -0.2) is 47.4 Å². The summed E-state index contributed by atoms with van der Waals surface area (Å²) < 4.78 is 5.57. The van der Waals surface area contributed by atoms with Crippen molar-refractivity contribution in [2.75, 3.05) is 20.6 Å². The molecule has 1 saturated heterocycles. The number of benzene rings is 1. The van der Waals surface area contributed by atoms with Gasteiger partial charge in [-0.05, 0) is 31.5 Å². The zero-order valence-corrected chi connectivity index (χ0v) is 13.0. The highest BCUT2D eigenvalue weighted by atomic mass is 16.3. The number of hydrogen-bond acceptors (Lipinski definition) is 4. The largest absolute Gasteiger partial charge is 0.444 e. The van der Waals surface area contributed by atoms with Crippen LogP contribution in [0.5, 0.6) is 0 Å². The van der Waals surface area contributed by atoms with Gasteiger partial charge in [-0.15, -0.1) is 0 Å². The summed E-state index contributed by atoms with van der Waals surface area (Å²) in [5.41, 5.74) is 1.84. The van der Waals surface area contributed by atoms with Gasteiger partial charge in [0, 0.05) is 26.2 Å². The van der Waals surface area contributed by atoms with E-state index in [9.17, 15) is 4.79 Å². The highest BCUT2D eigenvalue weighted by molar-refractivity contribution is 5.81. The maximum atomic E-state index is 12.2. The number of likely N-dealkylation sites (N-methyl/N-ethyl adjacent to an activating group) is 1. The van der Waals surface area contributed by atoms with Crippen LogP contribution in [0.4, 0.5) is 0 Å². The normalized spacial score (nSPS) is 18.5. The second kappa shape index (κ2) is 6.32. The SMILES string of the molecule is CN(C)C(=O)C1CCCN1Cc1coc(-c2ccccc2)n1. The number of hydrogen-bond donors (Lipinski definition) is 0. The molecule has 0 radical (unpaired) electrons. The summed E-state index contributed by atoms with van der Waals surface area (Å²) in [4.78, 5) is 20.6. The van der Waals surface area contributed by atoms with Crippen molar-refractivity contribution in [2.45, 2.75) is 25.4 Å². The van der Waals surface area contributed by atoms with Crippen molar-refractivity contribution in [3.63, 3.8) is 0 Å². The zero-order chi connectivity index (χ0) is 15.5. The summed E-state index contributed by atoms with van der Waals surface area (Å²) in [5, 5.41) is 0. The van der Waals surface area contributed by atoms with Crippen LogP contribution < -0.4 is 0 Å². The van der Waals surface area contributed by atoms with E-state index in [1.54, 1.807) is 11.2 Å². The average molecular weight is 299 g/mol. The van der Waals surface area contributed by atoms with Crippen molar-refractivity contribution in [3.05, 3.63) is 42.3 Å². The zero-order valence-electron chi connectivity index (χ0n) is 13.0. The van der Waals surface area contributed by atoms with Gasteiger partial charge in [0.15, 0.2) is 0 Å². The van der Waals surface area contributed by atoms with E-state index in [0.29, 0.717) is 12.4 Å². The van der Waals surface area contributed by atoms with Crippen LogP contribution in [0.25, 0.3) is 11.5 Å². The molecule has 5 heteroatoms. The monoisotopic (exact) mass is 299 g/mol. The fraction of sp³-hybridized carbons (Fsp3) is 0.412. The van der Waals surface area contributed by atoms with Crippen LogP contribution in [0.1, 0.15) is 18.5 Å². The fourth-order valence-corrected chi connectivity index (χ4v) is 2.89. The second-order valence-corrected chi connectivity index (χ2v) is 5.87. The summed E-state index contributed by atoms with van der Waals surface area (Å²) in [6, 6.07) is 9.81. The van der Waals surface area contributed by atoms with Crippen molar-refractivity contribution < 1.29 is 9.21 Å². The van der Waals surface area contributed by atoms with Gasteiger partial charge in [0.1, 0.15) is 6.26 Å². The molecule has 5 nitrogen and oxygen atoms in total. The standard InChI is InChI=1S/C17H21N3O2/c1-19(2)17(21)15-9-6-10-20(15)11-14-12-22-16(18-14)13-7-4-3-5-8-13/h3-5,7-8,12,15H,6,9-11H2,1-2H3. The molecule has 0 bridgehead atoms. The Hall–Kier alpha value is -2.14. The smallest absolute Gasteiger partial charge is 0.239 e. The molecule has 1 amide bonds. The highest BCUT2D eigenvalue weighted by Crippen LogP contribution is 2.23. The number of aromatic nitrogens is 1. The van der Waals surface area contributed by atoms with E-state index in [1.165, 1.54) is 0 Å². The molecule has 0 N–H and O–H groups in total. The molecule has 1 aliphatic heterocycles. The molecule has 0 saturated carbocycles. The van der Waals surface area contributed by atoms with Gasteiger partial charge in [-0.2, -0.15) is 0 Å². The topological polar surface area (TPSA) is 49.6 Å². The van der Waals surface area contributed by atoms with Crippen molar-refractivity contribution in [1.82, 2.24) is 14.8 Å². The summed E-state index contributed by atoms with van der Waals surface area (Å²) in [6.45, 7) is 1.58. The molecule has 1 aromatic heterocycles. The van der Waals surface area contributed by atoms with Gasteiger partial charge in [-0.1, -0.05) is 18.2 Å². The highest BCUT2D eigenvalue weighted by Gasteiger charge is 2.32. The summed E-state index contributed by atoms with van der Waals surface area (Å²) in [7, 11) is 3.62. The predicted molar refractivity (Wildman–Crippen MR) is 84.1 cm³/mol. The van der Waals surface area contributed by atoms with E-state index >= 15 is 0 Å². The quantitative estimate of drug-likeness (QED) is 0.870. The third-order valence-electron chi connectivity index (χ3n) is 4.03. The Bertz CT molecular complexity index is 636. The minimum Gasteiger partial charge on any atom is -0.444 e. The number of carbonyl (C=O) groups excluding carboxylic acids is 1. The van der Waals surface area contributed by atoms with Crippen LogP contribution in [0.3, 0.4) is 0 Å². The molecule has 116 valence electrons. The fourth-order valence-electron chi connectivity index (χ4n) is 2.89. The lowest BCUT2D eigenvalue weighted by molar-refractivity contribution is -0.133. The van der Waals surface area contributed by atoms with Gasteiger partial charge in [0.2, 0.25) is 11.8 Å². The number of amides is 1. The number of carbonyl (C=O) groups is 1. The first-order valence-electron chi connectivity index (χ1n) is 7.60. The van der Waals surface area contributed by atoms with Crippen LogP contribution >= 0.6 is 0 Å². The maximum absolute atomic E-state index is 12.2. The number of oxazole rings is 1. The van der Waals surface area contributed by atoms with Crippen molar-refractivity contribution in [2.24, 2.45) is 0 Å². The Labute approximate surface area is 130 Å². The molecule has 0 spiro atoms. The van der Waals surface area contributed by atoms with Gasteiger partial charge in [0.05, 0.1) is 11.7 Å². The molecule has 2 heterocycles. The molecule has 3 rings (SSSR count). The van der Waals surface area contributed by atoms with E-state index in [2.05, 4.69) is 9.88 Å². The first-order chi connectivity index (χ1) is 10.6. The second-order valence-electron chi connectivity index (χ2n) is 5.87. The minimum atomic E-state index is -0.0353. The van der Waals surface area contributed by atoms with Gasteiger partial charge in [-0.3, -0.25) is 9.69 Å². The van der Waals surface area contributed by atoms with E-state index < -0.39 is 0 Å². The molecule has 1 atom stereocenters. The van der Waals surface area contributed by atoms with Crippen molar-refractivity contribution in [1.29, 1.82) is 0 Å². The van der Waals surface area contributed by atoms with Crippen LogP contribution in [0.2, 0.25) is 0 Å². The lowest BCUT2D eigenvalue weighted by Crippen LogP contribution is -2.42. The molecule has 22 heavy (non-hydrogen) atoms. The number of rotatable bonds is 4. The molecule has 1 fully saturated rings. The van der Waals surface area contributed by atoms with Gasteiger partial charge >= 0.3 is 0 Å². The summed E-state index contributed by atoms with van der Waals surface area (Å²) >= 11 is 0. The van der Waals surface area contributed by atoms with Crippen molar-refractivity contribution >= 4 is 5.91 Å². The Morgan fingerprint density at radius 2 is 2.14 bits per heavy atom. The number of likely N-dealkylation sites (tertiary alicyclic amines) is 1. The van der Waals surface area contributed by atoms with E-state index in [1.807, 2.05) is 44.4 Å². The van der Waals surface area contributed by atoms with Crippen molar-refractivity contribution in [3.8, 4) is 11.5 Å². The lowest BCUT2D eigenvalue weighted by atomic mass is 10.2. The molecule has 0 aliphatic carbocycles. The molecular weight excluding hydrogens is 278 g/mol. The Kier molecular flexibility index (Phi) is 4.24. The van der Waals surface area contributed by atoms with Gasteiger partial charge < -0.3 is 9.32 Å².